The van der Waals surface area contributed by atoms with E-state index in [1.165, 1.54) is 11.3 Å². The number of imide groups is 1. The highest BCUT2D eigenvalue weighted by Gasteiger charge is 2.37. The van der Waals surface area contributed by atoms with Crippen LogP contribution in [0.2, 0.25) is 0 Å². The molecule has 8 heteroatoms. The van der Waals surface area contributed by atoms with Gasteiger partial charge >= 0.3 is 6.03 Å². The number of hydrogen-bond acceptors (Lipinski definition) is 4. The van der Waals surface area contributed by atoms with Gasteiger partial charge in [-0.05, 0) is 99.2 Å². The van der Waals surface area contributed by atoms with E-state index in [9.17, 15) is 14.4 Å². The summed E-state index contributed by atoms with van der Waals surface area (Å²) in [5, 5.41) is 5.34. The maximum atomic E-state index is 13.0. The number of nitrogens with zero attached hydrogens (tertiary/aromatic N) is 2. The first-order valence-corrected chi connectivity index (χ1v) is 12.6. The van der Waals surface area contributed by atoms with E-state index in [1.807, 2.05) is 6.92 Å². The average molecular weight is 539 g/mol. The summed E-state index contributed by atoms with van der Waals surface area (Å²) in [5.74, 6) is -0.589. The fourth-order valence-electron chi connectivity index (χ4n) is 5.15. The van der Waals surface area contributed by atoms with Crippen LogP contribution in [0, 0.1) is 6.92 Å². The molecule has 1 saturated heterocycles. The number of amides is 4. The van der Waals surface area contributed by atoms with Crippen LogP contribution in [-0.2, 0) is 9.59 Å². The maximum Gasteiger partial charge on any atom is 0.329 e. The van der Waals surface area contributed by atoms with Crippen molar-refractivity contribution in [1.29, 1.82) is 0 Å². The summed E-state index contributed by atoms with van der Waals surface area (Å²) in [4.78, 5) is 41.3. The van der Waals surface area contributed by atoms with Gasteiger partial charge in [0.25, 0.3) is 5.91 Å². The molecular formula is C27H31BrN4O3. The number of hydrogen-bond donors (Lipinski definition) is 2. The van der Waals surface area contributed by atoms with E-state index < -0.39 is 17.8 Å². The number of urea groups is 1. The molecule has 1 fully saturated rings. The zero-order valence-electron chi connectivity index (χ0n) is 20.7. The molecule has 7 nitrogen and oxygen atoms in total. The molecule has 2 aromatic carbocycles. The standard InChI is InChI=1S/C27H31BrN4O3/c1-6-32-23-11-16(2)18(12-21(23)17(3)14-27(32,4)5)13-22-25(34)31(26(35)30-22)15-24(33)29-20-9-7-19(28)8-10-20/h7-13,17H,6,14-15H2,1-5H3,(H,29,33)(H,30,35)/b22-13+. The summed E-state index contributed by atoms with van der Waals surface area (Å²) in [5.41, 5.74) is 5.20. The predicted molar refractivity (Wildman–Crippen MR) is 142 cm³/mol. The third kappa shape index (κ3) is 4.98. The molecule has 4 amide bonds. The molecule has 4 rings (SSSR count). The summed E-state index contributed by atoms with van der Waals surface area (Å²) in [6, 6.07) is 10.8. The third-order valence-corrected chi connectivity index (χ3v) is 7.31. The van der Waals surface area contributed by atoms with Crippen molar-refractivity contribution in [2.45, 2.75) is 52.5 Å². The Balaban J connectivity index is 1.55. The first-order valence-electron chi connectivity index (χ1n) is 11.8. The van der Waals surface area contributed by atoms with Crippen LogP contribution in [0.4, 0.5) is 16.2 Å². The number of aryl methyl sites for hydroxylation is 1. The van der Waals surface area contributed by atoms with Crippen LogP contribution < -0.4 is 15.5 Å². The summed E-state index contributed by atoms with van der Waals surface area (Å²) < 4.78 is 0.886. The quantitative estimate of drug-likeness (QED) is 0.394. The fourth-order valence-corrected chi connectivity index (χ4v) is 5.42. The highest BCUT2D eigenvalue weighted by atomic mass is 79.9. The van der Waals surface area contributed by atoms with Gasteiger partial charge in [0.1, 0.15) is 12.2 Å². The Morgan fingerprint density at radius 2 is 1.91 bits per heavy atom. The summed E-state index contributed by atoms with van der Waals surface area (Å²) >= 11 is 3.34. The van der Waals surface area contributed by atoms with Crippen LogP contribution in [0.25, 0.3) is 6.08 Å². The average Bonchev–Trinajstić information content (AvgIpc) is 3.03. The molecule has 2 aromatic rings. The molecule has 0 radical (unpaired) electrons. The molecule has 0 aliphatic carbocycles. The fraction of sp³-hybridized carbons (Fsp3) is 0.370. The van der Waals surface area contributed by atoms with E-state index in [1.54, 1.807) is 30.3 Å². The Morgan fingerprint density at radius 1 is 1.23 bits per heavy atom. The Hall–Kier alpha value is -3.13. The van der Waals surface area contributed by atoms with Crippen molar-refractivity contribution in [2.75, 3.05) is 23.3 Å². The van der Waals surface area contributed by atoms with Crippen LogP contribution in [0.15, 0.2) is 46.6 Å². The van der Waals surface area contributed by atoms with Crippen molar-refractivity contribution in [3.05, 3.63) is 63.3 Å². The molecule has 0 spiro atoms. The number of nitrogens with one attached hydrogen (secondary N) is 2. The highest BCUT2D eigenvalue weighted by molar-refractivity contribution is 9.10. The summed E-state index contributed by atoms with van der Waals surface area (Å²) in [6.45, 7) is 11.5. The second kappa shape index (κ2) is 9.49. The van der Waals surface area contributed by atoms with E-state index in [2.05, 4.69) is 71.3 Å². The van der Waals surface area contributed by atoms with Crippen LogP contribution in [0.1, 0.15) is 56.7 Å². The minimum absolute atomic E-state index is 0.0697. The number of benzene rings is 2. The number of anilines is 2. The number of fused-ring (bicyclic) bond motifs is 1. The van der Waals surface area contributed by atoms with Gasteiger partial charge in [-0.1, -0.05) is 22.9 Å². The first-order chi connectivity index (χ1) is 16.5. The predicted octanol–water partition coefficient (Wildman–Crippen LogP) is 5.40. The lowest BCUT2D eigenvalue weighted by Gasteiger charge is -2.47. The molecule has 184 valence electrons. The molecule has 0 aromatic heterocycles. The Kier molecular flexibility index (Phi) is 6.77. The van der Waals surface area contributed by atoms with Crippen molar-refractivity contribution in [3.8, 4) is 0 Å². The second-order valence-corrected chi connectivity index (χ2v) is 10.8. The highest BCUT2D eigenvalue weighted by Crippen LogP contribution is 2.44. The summed E-state index contributed by atoms with van der Waals surface area (Å²) in [7, 11) is 0. The van der Waals surface area contributed by atoms with Crippen LogP contribution in [0.3, 0.4) is 0 Å². The third-order valence-electron chi connectivity index (χ3n) is 6.78. The van der Waals surface area contributed by atoms with Gasteiger partial charge < -0.3 is 15.5 Å². The van der Waals surface area contributed by atoms with Gasteiger partial charge in [0.05, 0.1) is 0 Å². The topological polar surface area (TPSA) is 81.8 Å². The zero-order chi connectivity index (χ0) is 25.5. The molecule has 2 heterocycles. The molecule has 2 N–H and O–H groups in total. The molecule has 35 heavy (non-hydrogen) atoms. The largest absolute Gasteiger partial charge is 0.366 e. The molecule has 0 saturated carbocycles. The Bertz CT molecular complexity index is 1220. The van der Waals surface area contributed by atoms with E-state index in [0.717, 1.165) is 33.5 Å². The van der Waals surface area contributed by atoms with Crippen LogP contribution in [0.5, 0.6) is 0 Å². The smallest absolute Gasteiger partial charge is 0.329 e. The van der Waals surface area contributed by atoms with Gasteiger partial charge in [-0.2, -0.15) is 0 Å². The lowest BCUT2D eigenvalue weighted by molar-refractivity contribution is -0.127. The van der Waals surface area contributed by atoms with Crippen molar-refractivity contribution >= 4 is 51.2 Å². The number of carbonyl (C=O) groups excluding carboxylic acids is 3. The Labute approximate surface area is 214 Å². The SMILES string of the molecule is CCN1c2cc(C)c(/C=C3/NC(=O)N(CC(=O)Nc4ccc(Br)cc4)C3=O)cc2C(C)CC1(C)C. The van der Waals surface area contributed by atoms with Crippen LogP contribution >= 0.6 is 15.9 Å². The lowest BCUT2D eigenvalue weighted by Crippen LogP contribution is -2.48. The minimum Gasteiger partial charge on any atom is -0.366 e. The molecular weight excluding hydrogens is 508 g/mol. The van der Waals surface area contributed by atoms with Crippen LogP contribution in [-0.4, -0.2) is 41.4 Å². The molecule has 1 atom stereocenters. The van der Waals surface area contributed by atoms with Crippen molar-refractivity contribution in [1.82, 2.24) is 10.2 Å². The number of halogens is 1. The van der Waals surface area contributed by atoms with Crippen molar-refractivity contribution in [3.63, 3.8) is 0 Å². The minimum atomic E-state index is -0.602. The maximum absolute atomic E-state index is 13.0. The monoisotopic (exact) mass is 538 g/mol. The van der Waals surface area contributed by atoms with E-state index in [0.29, 0.717) is 11.6 Å². The molecule has 2 aliphatic rings. The normalized spacial score (nSPS) is 20.2. The van der Waals surface area contributed by atoms with Gasteiger partial charge in [-0.15, -0.1) is 0 Å². The van der Waals surface area contributed by atoms with E-state index in [-0.39, 0.29) is 17.8 Å². The molecule has 0 bridgehead atoms. The lowest BCUT2D eigenvalue weighted by atomic mass is 9.79. The van der Waals surface area contributed by atoms with Gasteiger partial charge in [0.15, 0.2) is 0 Å². The molecule has 2 aliphatic heterocycles. The molecule has 1 unspecified atom stereocenters. The van der Waals surface area contributed by atoms with Crippen molar-refractivity contribution in [2.24, 2.45) is 0 Å². The van der Waals surface area contributed by atoms with Gasteiger partial charge in [0, 0.05) is 27.9 Å². The van der Waals surface area contributed by atoms with Gasteiger partial charge in [-0.3, -0.25) is 9.59 Å². The Morgan fingerprint density at radius 3 is 2.57 bits per heavy atom. The van der Waals surface area contributed by atoms with Gasteiger partial charge in [-0.25, -0.2) is 9.69 Å². The number of carbonyl (C=O) groups is 3. The first kappa shape index (κ1) is 25.0. The van der Waals surface area contributed by atoms with E-state index >= 15 is 0 Å². The second-order valence-electron chi connectivity index (χ2n) is 9.86. The zero-order valence-corrected chi connectivity index (χ0v) is 22.3. The van der Waals surface area contributed by atoms with Gasteiger partial charge in [0.2, 0.25) is 5.91 Å². The number of rotatable bonds is 5. The summed E-state index contributed by atoms with van der Waals surface area (Å²) in [6.07, 6.45) is 2.75. The van der Waals surface area contributed by atoms with E-state index in [4.69, 9.17) is 0 Å². The van der Waals surface area contributed by atoms with Crippen molar-refractivity contribution < 1.29 is 14.4 Å².